The molecule has 0 unspecified atom stereocenters. The SMILES string of the molecule is CC(C)(O)C(=O)NNC(=O)CC#N. The van der Waals surface area contributed by atoms with Gasteiger partial charge in [-0.3, -0.25) is 20.4 Å². The normalized spacial score (nSPS) is 10.0. The first kappa shape index (κ1) is 11.4. The van der Waals surface area contributed by atoms with Gasteiger partial charge in [-0.05, 0) is 13.8 Å². The Bertz CT molecular complexity index is 249. The van der Waals surface area contributed by atoms with Crippen molar-refractivity contribution in [3.05, 3.63) is 0 Å². The van der Waals surface area contributed by atoms with E-state index in [-0.39, 0.29) is 6.42 Å². The van der Waals surface area contributed by atoms with E-state index < -0.39 is 17.4 Å². The summed E-state index contributed by atoms with van der Waals surface area (Å²) in [6, 6.07) is 1.60. The topological polar surface area (TPSA) is 102 Å². The predicted molar refractivity (Wildman–Crippen MR) is 42.8 cm³/mol. The van der Waals surface area contributed by atoms with Gasteiger partial charge in [-0.2, -0.15) is 5.26 Å². The van der Waals surface area contributed by atoms with E-state index in [1.165, 1.54) is 13.8 Å². The number of carbonyl (C=O) groups is 2. The lowest BCUT2D eigenvalue weighted by atomic mass is 10.1. The molecule has 6 nitrogen and oxygen atoms in total. The standard InChI is InChI=1S/C7H11N3O3/c1-7(2,13)6(12)10-9-5(11)3-4-8/h13H,3H2,1-2H3,(H,9,11)(H,10,12). The van der Waals surface area contributed by atoms with Crippen LogP contribution >= 0.6 is 0 Å². The van der Waals surface area contributed by atoms with E-state index >= 15 is 0 Å². The first-order chi connectivity index (χ1) is 5.88. The summed E-state index contributed by atoms with van der Waals surface area (Å²) in [5.74, 6) is -1.36. The zero-order valence-electron chi connectivity index (χ0n) is 7.42. The highest BCUT2D eigenvalue weighted by Gasteiger charge is 2.23. The minimum Gasteiger partial charge on any atom is -0.381 e. The molecular weight excluding hydrogens is 174 g/mol. The average Bonchev–Trinajstić information content (AvgIpc) is 1.99. The Morgan fingerprint density at radius 3 is 2.38 bits per heavy atom. The molecule has 0 bridgehead atoms. The van der Waals surface area contributed by atoms with Crippen molar-refractivity contribution < 1.29 is 14.7 Å². The minimum absolute atomic E-state index is 0.341. The summed E-state index contributed by atoms with van der Waals surface area (Å²) in [5.41, 5.74) is 2.38. The lowest BCUT2D eigenvalue weighted by Crippen LogP contribution is -2.50. The molecule has 3 N–H and O–H groups in total. The van der Waals surface area contributed by atoms with E-state index in [1.807, 2.05) is 10.9 Å². The van der Waals surface area contributed by atoms with Crippen LogP contribution in [0.3, 0.4) is 0 Å². The fourth-order valence-electron chi connectivity index (χ4n) is 0.395. The molecule has 6 heteroatoms. The maximum Gasteiger partial charge on any atom is 0.269 e. The molecule has 0 aliphatic heterocycles. The molecule has 0 fully saturated rings. The number of rotatable bonds is 2. The molecule has 0 aromatic heterocycles. The molecule has 0 heterocycles. The number of hydrogen-bond acceptors (Lipinski definition) is 4. The molecule has 2 amide bonds. The van der Waals surface area contributed by atoms with E-state index in [2.05, 4.69) is 0 Å². The summed E-state index contributed by atoms with van der Waals surface area (Å²) < 4.78 is 0. The molecule has 0 spiro atoms. The van der Waals surface area contributed by atoms with Crippen molar-refractivity contribution in [1.82, 2.24) is 10.9 Å². The summed E-state index contributed by atoms with van der Waals surface area (Å²) in [6.07, 6.45) is -0.341. The van der Waals surface area contributed by atoms with Crippen molar-refractivity contribution in [2.75, 3.05) is 0 Å². The van der Waals surface area contributed by atoms with Gasteiger partial charge in [-0.15, -0.1) is 0 Å². The molecule has 0 rings (SSSR count). The third-order valence-corrected chi connectivity index (χ3v) is 1.11. The number of nitrogens with one attached hydrogen (secondary N) is 2. The third kappa shape index (κ3) is 4.76. The van der Waals surface area contributed by atoms with Crippen LogP contribution in [-0.4, -0.2) is 22.5 Å². The Balaban J connectivity index is 3.86. The molecule has 13 heavy (non-hydrogen) atoms. The van der Waals surface area contributed by atoms with Gasteiger partial charge in [-0.1, -0.05) is 0 Å². The molecular formula is C7H11N3O3. The van der Waals surface area contributed by atoms with Gasteiger partial charge in [0, 0.05) is 0 Å². The summed E-state index contributed by atoms with van der Waals surface area (Å²) in [6.45, 7) is 2.55. The molecule has 0 atom stereocenters. The van der Waals surface area contributed by atoms with Crippen molar-refractivity contribution in [3.63, 3.8) is 0 Å². The van der Waals surface area contributed by atoms with Gasteiger partial charge in [0.1, 0.15) is 12.0 Å². The second-order valence-electron chi connectivity index (χ2n) is 2.90. The summed E-state index contributed by atoms with van der Waals surface area (Å²) in [4.78, 5) is 21.6. The molecule has 0 radical (unpaired) electrons. The Morgan fingerprint density at radius 1 is 1.46 bits per heavy atom. The van der Waals surface area contributed by atoms with Crippen LogP contribution in [0.5, 0.6) is 0 Å². The highest BCUT2D eigenvalue weighted by Crippen LogP contribution is 1.98. The van der Waals surface area contributed by atoms with Crippen LogP contribution < -0.4 is 10.9 Å². The quantitative estimate of drug-likeness (QED) is 0.471. The predicted octanol–water partition coefficient (Wildman–Crippen LogP) is -1.18. The molecule has 72 valence electrons. The van der Waals surface area contributed by atoms with Crippen LogP contribution in [0.1, 0.15) is 20.3 Å². The highest BCUT2D eigenvalue weighted by molar-refractivity contribution is 5.87. The molecule has 0 saturated carbocycles. The average molecular weight is 185 g/mol. The monoisotopic (exact) mass is 185 g/mol. The second-order valence-corrected chi connectivity index (χ2v) is 2.90. The smallest absolute Gasteiger partial charge is 0.269 e. The first-order valence-electron chi connectivity index (χ1n) is 3.56. The lowest BCUT2D eigenvalue weighted by molar-refractivity contribution is -0.139. The Morgan fingerprint density at radius 2 is 2.00 bits per heavy atom. The van der Waals surface area contributed by atoms with Crippen LogP contribution in [0.4, 0.5) is 0 Å². The number of hydrogen-bond donors (Lipinski definition) is 3. The van der Waals surface area contributed by atoms with Crippen LogP contribution in [0.15, 0.2) is 0 Å². The maximum absolute atomic E-state index is 10.9. The number of carbonyl (C=O) groups excluding carboxylic acids is 2. The number of hydrazine groups is 1. The number of aliphatic hydroxyl groups is 1. The van der Waals surface area contributed by atoms with Gasteiger partial charge in [0.15, 0.2) is 0 Å². The Kier molecular flexibility index (Phi) is 3.88. The highest BCUT2D eigenvalue weighted by atomic mass is 16.3. The molecule has 0 saturated heterocycles. The van der Waals surface area contributed by atoms with Crippen molar-refractivity contribution >= 4 is 11.8 Å². The van der Waals surface area contributed by atoms with Gasteiger partial charge in [0.25, 0.3) is 11.8 Å². The molecule has 0 aromatic carbocycles. The van der Waals surface area contributed by atoms with Gasteiger partial charge in [-0.25, -0.2) is 0 Å². The van der Waals surface area contributed by atoms with Crippen molar-refractivity contribution in [1.29, 1.82) is 5.26 Å². The summed E-state index contributed by atoms with van der Waals surface area (Å²) >= 11 is 0. The van der Waals surface area contributed by atoms with Gasteiger partial charge < -0.3 is 5.11 Å². The molecule has 0 aliphatic rings. The van der Waals surface area contributed by atoms with E-state index in [9.17, 15) is 9.59 Å². The van der Waals surface area contributed by atoms with E-state index in [0.29, 0.717) is 0 Å². The fourth-order valence-corrected chi connectivity index (χ4v) is 0.395. The van der Waals surface area contributed by atoms with Crippen LogP contribution in [0.25, 0.3) is 0 Å². The van der Waals surface area contributed by atoms with Crippen molar-refractivity contribution in [2.24, 2.45) is 0 Å². The van der Waals surface area contributed by atoms with Crippen molar-refractivity contribution in [2.45, 2.75) is 25.9 Å². The largest absolute Gasteiger partial charge is 0.381 e. The van der Waals surface area contributed by atoms with E-state index in [4.69, 9.17) is 10.4 Å². The Hall–Kier alpha value is -1.61. The van der Waals surface area contributed by atoms with Crippen LogP contribution in [0, 0.1) is 11.3 Å². The van der Waals surface area contributed by atoms with E-state index in [1.54, 1.807) is 6.07 Å². The number of nitriles is 1. The Labute approximate surface area is 75.5 Å². The number of nitrogens with zero attached hydrogens (tertiary/aromatic N) is 1. The van der Waals surface area contributed by atoms with Crippen LogP contribution in [-0.2, 0) is 9.59 Å². The first-order valence-corrected chi connectivity index (χ1v) is 3.56. The van der Waals surface area contributed by atoms with Gasteiger partial charge in [0.2, 0.25) is 0 Å². The van der Waals surface area contributed by atoms with E-state index in [0.717, 1.165) is 0 Å². The minimum atomic E-state index is -1.56. The van der Waals surface area contributed by atoms with Crippen molar-refractivity contribution in [3.8, 4) is 6.07 Å². The third-order valence-electron chi connectivity index (χ3n) is 1.11. The lowest BCUT2D eigenvalue weighted by Gasteiger charge is -2.16. The molecule has 0 aliphatic carbocycles. The summed E-state index contributed by atoms with van der Waals surface area (Å²) in [5, 5.41) is 17.2. The zero-order valence-corrected chi connectivity index (χ0v) is 7.42. The number of amides is 2. The molecule has 0 aromatic rings. The maximum atomic E-state index is 10.9. The zero-order chi connectivity index (χ0) is 10.5. The fraction of sp³-hybridized carbons (Fsp3) is 0.571. The second kappa shape index (κ2) is 4.42. The van der Waals surface area contributed by atoms with Gasteiger partial charge >= 0.3 is 0 Å². The van der Waals surface area contributed by atoms with Crippen LogP contribution in [0.2, 0.25) is 0 Å². The summed E-state index contributed by atoms with van der Waals surface area (Å²) in [7, 11) is 0. The van der Waals surface area contributed by atoms with Gasteiger partial charge in [0.05, 0.1) is 6.07 Å².